The molecule has 1 aromatic heterocycles. The largest absolute Gasteiger partial charge is 0.343 e. The predicted octanol–water partition coefficient (Wildman–Crippen LogP) is 4.40. The van der Waals surface area contributed by atoms with Crippen molar-refractivity contribution in [2.45, 2.75) is 32.4 Å². The normalized spacial score (nSPS) is 13.9. The molecule has 2 aromatic carbocycles. The summed E-state index contributed by atoms with van der Waals surface area (Å²) in [5.41, 5.74) is 3.67. The van der Waals surface area contributed by atoms with Crippen LogP contribution in [0.5, 0.6) is 0 Å². The van der Waals surface area contributed by atoms with E-state index in [2.05, 4.69) is 5.32 Å². The van der Waals surface area contributed by atoms with E-state index >= 15 is 0 Å². The van der Waals surface area contributed by atoms with Crippen LogP contribution in [0.1, 0.15) is 30.5 Å². The van der Waals surface area contributed by atoms with Crippen LogP contribution in [0.15, 0.2) is 48.5 Å². The Morgan fingerprint density at radius 1 is 1.06 bits per heavy atom. The van der Waals surface area contributed by atoms with Crippen molar-refractivity contribution in [3.8, 4) is 11.3 Å². The maximum absolute atomic E-state index is 11.7. The average Bonchev–Trinajstić information content (AvgIpc) is 3.36. The molecule has 0 unspecified atom stereocenters. The number of hydrogen-bond acceptors (Lipinski definition) is 4. The molecule has 162 valence electrons. The summed E-state index contributed by atoms with van der Waals surface area (Å²) < 4.78 is 0. The van der Waals surface area contributed by atoms with Gasteiger partial charge in [-0.05, 0) is 37.1 Å². The smallest absolute Gasteiger partial charge is 0.222 e. The van der Waals surface area contributed by atoms with Gasteiger partial charge in [0.05, 0.1) is 6.54 Å². The van der Waals surface area contributed by atoms with E-state index in [1.54, 1.807) is 10.9 Å². The van der Waals surface area contributed by atoms with Gasteiger partial charge in [0.1, 0.15) is 11.4 Å². The summed E-state index contributed by atoms with van der Waals surface area (Å²) in [6.45, 7) is 3.57. The summed E-state index contributed by atoms with van der Waals surface area (Å²) >= 11 is 12.3. The lowest BCUT2D eigenvalue weighted by atomic mass is 10.1. The van der Waals surface area contributed by atoms with Crippen LogP contribution in [-0.4, -0.2) is 45.4 Å². The molecule has 1 aliphatic heterocycles. The van der Waals surface area contributed by atoms with E-state index in [0.29, 0.717) is 29.6 Å². The van der Waals surface area contributed by atoms with Gasteiger partial charge in [-0.2, -0.15) is 15.0 Å². The number of benzene rings is 2. The Bertz CT molecular complexity index is 1040. The zero-order valence-corrected chi connectivity index (χ0v) is 18.7. The van der Waals surface area contributed by atoms with E-state index in [-0.39, 0.29) is 5.91 Å². The van der Waals surface area contributed by atoms with Gasteiger partial charge in [0, 0.05) is 41.7 Å². The second-order valence-corrected chi connectivity index (χ2v) is 8.49. The molecule has 4 rings (SSSR count). The van der Waals surface area contributed by atoms with Crippen LogP contribution >= 0.6 is 23.2 Å². The van der Waals surface area contributed by atoms with Crippen molar-refractivity contribution >= 4 is 29.1 Å². The highest BCUT2D eigenvalue weighted by Crippen LogP contribution is 2.23. The lowest BCUT2D eigenvalue weighted by Crippen LogP contribution is -2.28. The first-order valence-electron chi connectivity index (χ1n) is 10.5. The van der Waals surface area contributed by atoms with Gasteiger partial charge in [0.15, 0.2) is 0 Å². The van der Waals surface area contributed by atoms with E-state index in [9.17, 15) is 4.79 Å². The highest BCUT2D eigenvalue weighted by atomic mass is 35.5. The maximum atomic E-state index is 11.7. The molecule has 0 saturated carbocycles. The first-order valence-corrected chi connectivity index (χ1v) is 11.3. The van der Waals surface area contributed by atoms with Gasteiger partial charge in [-0.3, -0.25) is 4.79 Å². The first kappa shape index (κ1) is 21.8. The number of rotatable bonds is 9. The summed E-state index contributed by atoms with van der Waals surface area (Å²) in [5, 5.41) is 14.1. The molecule has 1 saturated heterocycles. The van der Waals surface area contributed by atoms with Gasteiger partial charge in [-0.15, -0.1) is 0 Å². The molecule has 6 nitrogen and oxygen atoms in total. The number of hydrogen-bond donors (Lipinski definition) is 1. The van der Waals surface area contributed by atoms with E-state index < -0.39 is 0 Å². The van der Waals surface area contributed by atoms with Gasteiger partial charge in [-0.25, -0.2) is 0 Å². The monoisotopic (exact) mass is 457 g/mol. The Labute approximate surface area is 192 Å². The second-order valence-electron chi connectivity index (χ2n) is 7.64. The van der Waals surface area contributed by atoms with E-state index in [0.717, 1.165) is 55.0 Å². The second kappa shape index (κ2) is 10.3. The van der Waals surface area contributed by atoms with Gasteiger partial charge in [-0.1, -0.05) is 59.6 Å². The fraction of sp³-hybridized carbons (Fsp3) is 0.348. The third-order valence-electron chi connectivity index (χ3n) is 5.34. The van der Waals surface area contributed by atoms with E-state index in [1.165, 1.54) is 0 Å². The summed E-state index contributed by atoms with van der Waals surface area (Å²) in [4.78, 5) is 15.3. The standard InChI is InChI=1S/C23H25Cl2N5O/c24-19-10-9-18(20(25)14-19)16-30-27-21(23(28-30)17-6-2-1-3-7-17)15-26-11-5-13-29-12-4-8-22(29)31/h1-3,6-7,9-10,14,26H,4-5,8,11-13,15-16H2. The predicted molar refractivity (Wildman–Crippen MR) is 123 cm³/mol. The van der Waals surface area contributed by atoms with Gasteiger partial charge < -0.3 is 10.2 Å². The molecule has 1 fully saturated rings. The molecule has 0 radical (unpaired) electrons. The highest BCUT2D eigenvalue weighted by molar-refractivity contribution is 6.35. The highest BCUT2D eigenvalue weighted by Gasteiger charge is 2.19. The van der Waals surface area contributed by atoms with Gasteiger partial charge in [0.2, 0.25) is 5.91 Å². The zero-order valence-electron chi connectivity index (χ0n) is 17.2. The van der Waals surface area contributed by atoms with Crippen molar-refractivity contribution in [2.75, 3.05) is 19.6 Å². The van der Waals surface area contributed by atoms with Crippen molar-refractivity contribution in [3.63, 3.8) is 0 Å². The molecule has 3 aromatic rings. The van der Waals surface area contributed by atoms with Crippen LogP contribution in [0.4, 0.5) is 0 Å². The molecule has 0 bridgehead atoms. The molecule has 31 heavy (non-hydrogen) atoms. The van der Waals surface area contributed by atoms with Crippen LogP contribution in [0, 0.1) is 0 Å². The van der Waals surface area contributed by atoms with Crippen molar-refractivity contribution in [3.05, 3.63) is 69.8 Å². The summed E-state index contributed by atoms with van der Waals surface area (Å²) in [7, 11) is 0. The number of nitrogens with zero attached hydrogens (tertiary/aromatic N) is 4. The van der Waals surface area contributed by atoms with E-state index in [1.807, 2.05) is 47.4 Å². The lowest BCUT2D eigenvalue weighted by molar-refractivity contribution is -0.127. The quantitative estimate of drug-likeness (QED) is 0.483. The van der Waals surface area contributed by atoms with Crippen LogP contribution in [0.2, 0.25) is 10.0 Å². The Hall–Kier alpha value is -2.41. The number of aromatic nitrogens is 3. The summed E-state index contributed by atoms with van der Waals surface area (Å²) in [6, 6.07) is 15.5. The Kier molecular flexibility index (Phi) is 7.22. The molecule has 1 N–H and O–H groups in total. The number of carbonyl (C=O) groups is 1. The topological polar surface area (TPSA) is 63.1 Å². The van der Waals surface area contributed by atoms with Crippen molar-refractivity contribution in [1.82, 2.24) is 25.2 Å². The maximum Gasteiger partial charge on any atom is 0.222 e. The van der Waals surface area contributed by atoms with Crippen LogP contribution in [0.25, 0.3) is 11.3 Å². The first-order chi connectivity index (χ1) is 15.1. The fourth-order valence-electron chi connectivity index (χ4n) is 3.74. The molecule has 0 spiro atoms. The molecule has 0 atom stereocenters. The van der Waals surface area contributed by atoms with Crippen LogP contribution in [-0.2, 0) is 17.9 Å². The lowest BCUT2D eigenvalue weighted by Gasteiger charge is -2.15. The number of nitrogens with one attached hydrogen (secondary N) is 1. The number of amides is 1. The van der Waals surface area contributed by atoms with Crippen molar-refractivity contribution in [2.24, 2.45) is 0 Å². The Morgan fingerprint density at radius 3 is 2.65 bits per heavy atom. The summed E-state index contributed by atoms with van der Waals surface area (Å²) in [5.74, 6) is 0.273. The minimum atomic E-state index is 0.273. The van der Waals surface area contributed by atoms with E-state index in [4.69, 9.17) is 33.4 Å². The molecule has 1 aliphatic rings. The molecule has 1 amide bonds. The number of likely N-dealkylation sites (tertiary alicyclic amines) is 1. The zero-order chi connectivity index (χ0) is 21.6. The Morgan fingerprint density at radius 2 is 1.90 bits per heavy atom. The molecule has 0 aliphatic carbocycles. The average molecular weight is 458 g/mol. The van der Waals surface area contributed by atoms with Gasteiger partial charge >= 0.3 is 0 Å². The van der Waals surface area contributed by atoms with Crippen molar-refractivity contribution in [1.29, 1.82) is 0 Å². The molecule has 2 heterocycles. The number of carbonyl (C=O) groups excluding carboxylic acids is 1. The van der Waals surface area contributed by atoms with Gasteiger partial charge in [0.25, 0.3) is 0 Å². The minimum absolute atomic E-state index is 0.273. The third-order valence-corrected chi connectivity index (χ3v) is 5.93. The van der Waals surface area contributed by atoms with Crippen LogP contribution in [0.3, 0.4) is 0 Å². The number of halogens is 2. The molecular weight excluding hydrogens is 433 g/mol. The minimum Gasteiger partial charge on any atom is -0.343 e. The summed E-state index contributed by atoms with van der Waals surface area (Å²) in [6.07, 6.45) is 2.59. The third kappa shape index (κ3) is 5.64. The molecular formula is C23H25Cl2N5O. The fourth-order valence-corrected chi connectivity index (χ4v) is 4.21. The SMILES string of the molecule is O=C1CCCN1CCCNCc1nn(Cc2ccc(Cl)cc2Cl)nc1-c1ccccc1. The van der Waals surface area contributed by atoms with Crippen molar-refractivity contribution < 1.29 is 4.79 Å². The molecule has 8 heteroatoms. The van der Waals surface area contributed by atoms with Crippen LogP contribution < -0.4 is 5.32 Å². The Balaban J connectivity index is 1.43.